The summed E-state index contributed by atoms with van der Waals surface area (Å²) in [4.78, 5) is 15.0. The number of rotatable bonds is 6. The molecule has 2 aromatic heterocycles. The Morgan fingerprint density at radius 2 is 2.06 bits per heavy atom. The van der Waals surface area contributed by atoms with Crippen molar-refractivity contribution in [1.82, 2.24) is 15.1 Å². The lowest BCUT2D eigenvalue weighted by atomic mass is 10.0. The summed E-state index contributed by atoms with van der Waals surface area (Å²) in [7, 11) is 1.71. The number of ether oxygens (including phenoxy) is 1. The van der Waals surface area contributed by atoms with Crippen LogP contribution in [-0.2, 0) is 6.54 Å². The van der Waals surface area contributed by atoms with Crippen molar-refractivity contribution in [2.24, 2.45) is 0 Å². The molecule has 0 bridgehead atoms. The summed E-state index contributed by atoms with van der Waals surface area (Å²) in [6, 6.07) is 11.7. The fraction of sp³-hybridized carbons (Fsp3) is 0.296. The molecule has 0 atom stereocenters. The summed E-state index contributed by atoms with van der Waals surface area (Å²) in [6.07, 6.45) is 7.49. The van der Waals surface area contributed by atoms with Gasteiger partial charge in [-0.3, -0.25) is 15.1 Å². The van der Waals surface area contributed by atoms with Crippen LogP contribution in [0, 0.1) is 12.7 Å². The van der Waals surface area contributed by atoms with Gasteiger partial charge in [-0.05, 0) is 61.6 Å². The number of aromatic amines is 1. The second-order valence-electron chi connectivity index (χ2n) is 9.15. The Balaban J connectivity index is 1.45. The SMILES string of the molecule is Cc1c2cn[nH]c2c(CN(C)C(=O)c2ccc(-c3cccc(F)c3)c(OC3CCCC3)c2)c[n+]1O. The summed E-state index contributed by atoms with van der Waals surface area (Å²) in [5.74, 6) is 0.0737. The number of benzene rings is 2. The zero-order chi connectivity index (χ0) is 24.5. The van der Waals surface area contributed by atoms with Crippen molar-refractivity contribution in [3.63, 3.8) is 0 Å². The molecule has 1 fully saturated rings. The molecule has 0 spiro atoms. The minimum absolute atomic E-state index is 0.0895. The average molecular weight is 476 g/mol. The van der Waals surface area contributed by atoms with Gasteiger partial charge < -0.3 is 9.64 Å². The quantitative estimate of drug-likeness (QED) is 0.310. The van der Waals surface area contributed by atoms with Gasteiger partial charge in [0.2, 0.25) is 11.9 Å². The highest BCUT2D eigenvalue weighted by molar-refractivity contribution is 5.95. The van der Waals surface area contributed by atoms with Gasteiger partial charge in [-0.2, -0.15) is 5.10 Å². The number of carbonyl (C=O) groups excluding carboxylic acids is 1. The number of nitrogens with zero attached hydrogens (tertiary/aromatic N) is 3. The first-order valence-electron chi connectivity index (χ1n) is 11.8. The molecule has 35 heavy (non-hydrogen) atoms. The van der Waals surface area contributed by atoms with E-state index in [4.69, 9.17) is 4.74 Å². The van der Waals surface area contributed by atoms with Crippen molar-refractivity contribution in [3.05, 3.63) is 77.5 Å². The number of carbonyl (C=O) groups is 1. The van der Waals surface area contributed by atoms with E-state index in [0.29, 0.717) is 22.6 Å². The molecule has 0 unspecified atom stereocenters. The number of pyridine rings is 1. The molecule has 1 amide bonds. The fourth-order valence-corrected chi connectivity index (χ4v) is 4.74. The molecule has 2 aromatic carbocycles. The minimum Gasteiger partial charge on any atom is -0.490 e. The monoisotopic (exact) mass is 475 g/mol. The van der Waals surface area contributed by atoms with Crippen LogP contribution in [-0.4, -0.2) is 39.4 Å². The van der Waals surface area contributed by atoms with Crippen molar-refractivity contribution in [3.8, 4) is 16.9 Å². The van der Waals surface area contributed by atoms with Crippen LogP contribution in [0.25, 0.3) is 22.0 Å². The summed E-state index contributed by atoms with van der Waals surface area (Å²) in [6.45, 7) is 2.06. The standard InChI is InChI=1S/C27H27FN4O3/c1-17-24-14-29-30-26(24)20(16-32(17)34)15-31(2)27(33)19-10-11-23(18-6-5-7-21(28)12-18)25(13-19)35-22-8-3-4-9-22/h5-7,10-14,16,22,34H,3-4,8-9,15H2,1-2H3/p+1. The molecule has 2 heterocycles. The van der Waals surface area contributed by atoms with Gasteiger partial charge in [0.15, 0.2) is 0 Å². The normalized spacial score (nSPS) is 13.9. The molecule has 180 valence electrons. The number of halogens is 1. The molecule has 0 aliphatic heterocycles. The zero-order valence-corrected chi connectivity index (χ0v) is 19.8. The number of aryl methyl sites for hydroxylation is 1. The predicted octanol–water partition coefficient (Wildman–Crippen LogP) is 4.80. The molecule has 5 rings (SSSR count). The van der Waals surface area contributed by atoms with E-state index >= 15 is 0 Å². The van der Waals surface area contributed by atoms with E-state index in [0.717, 1.165) is 52.4 Å². The molecule has 2 N–H and O–H groups in total. The molecule has 1 aliphatic rings. The number of hydrogen-bond acceptors (Lipinski definition) is 4. The van der Waals surface area contributed by atoms with Gasteiger partial charge >= 0.3 is 0 Å². The number of hydrogen-bond donors (Lipinski definition) is 2. The molecule has 0 saturated heterocycles. The van der Waals surface area contributed by atoms with E-state index in [1.807, 2.05) is 12.1 Å². The number of aromatic nitrogens is 3. The summed E-state index contributed by atoms with van der Waals surface area (Å²) in [5.41, 5.74) is 4.12. The number of H-pyrrole nitrogens is 1. The van der Waals surface area contributed by atoms with Gasteiger partial charge in [0.1, 0.15) is 11.6 Å². The van der Waals surface area contributed by atoms with Crippen LogP contribution in [0.5, 0.6) is 5.75 Å². The molecule has 0 radical (unpaired) electrons. The van der Waals surface area contributed by atoms with Crippen LogP contribution in [0.3, 0.4) is 0 Å². The zero-order valence-electron chi connectivity index (χ0n) is 19.8. The summed E-state index contributed by atoms with van der Waals surface area (Å²) >= 11 is 0. The minimum atomic E-state index is -0.321. The van der Waals surface area contributed by atoms with Crippen LogP contribution < -0.4 is 9.47 Å². The number of amides is 1. The van der Waals surface area contributed by atoms with Crippen molar-refractivity contribution in [2.75, 3.05) is 7.05 Å². The number of nitrogens with one attached hydrogen (secondary N) is 1. The molecule has 1 saturated carbocycles. The van der Waals surface area contributed by atoms with E-state index < -0.39 is 0 Å². The van der Waals surface area contributed by atoms with Crippen molar-refractivity contribution < 1.29 is 23.9 Å². The van der Waals surface area contributed by atoms with Crippen LogP contribution in [0.1, 0.15) is 47.3 Å². The van der Waals surface area contributed by atoms with Gasteiger partial charge in [-0.25, -0.2) is 4.39 Å². The third-order valence-electron chi connectivity index (χ3n) is 6.69. The molecule has 1 aliphatic carbocycles. The lowest BCUT2D eigenvalue weighted by Crippen LogP contribution is -2.35. The van der Waals surface area contributed by atoms with Crippen molar-refractivity contribution in [1.29, 1.82) is 0 Å². The Bertz CT molecular complexity index is 1390. The molecule has 7 nitrogen and oxygen atoms in total. The van der Waals surface area contributed by atoms with Crippen LogP contribution in [0.2, 0.25) is 0 Å². The third-order valence-corrected chi connectivity index (χ3v) is 6.69. The first kappa shape index (κ1) is 22.8. The molecule has 8 heteroatoms. The van der Waals surface area contributed by atoms with E-state index in [2.05, 4.69) is 10.2 Å². The van der Waals surface area contributed by atoms with E-state index in [9.17, 15) is 14.4 Å². The van der Waals surface area contributed by atoms with Gasteiger partial charge in [-0.15, -0.1) is 0 Å². The van der Waals surface area contributed by atoms with Gasteiger partial charge in [0, 0.05) is 29.8 Å². The Kier molecular flexibility index (Phi) is 6.11. The van der Waals surface area contributed by atoms with Gasteiger partial charge in [0.05, 0.1) is 35.3 Å². The molecular weight excluding hydrogens is 447 g/mol. The first-order valence-corrected chi connectivity index (χ1v) is 11.8. The highest BCUT2D eigenvalue weighted by atomic mass is 19.1. The topological polar surface area (TPSA) is 82.3 Å². The van der Waals surface area contributed by atoms with Gasteiger partial charge in [0.25, 0.3) is 5.91 Å². The Hall–Kier alpha value is -3.94. The lowest BCUT2D eigenvalue weighted by Gasteiger charge is -2.20. The van der Waals surface area contributed by atoms with E-state index in [1.165, 1.54) is 12.1 Å². The second-order valence-corrected chi connectivity index (χ2v) is 9.15. The second kappa shape index (κ2) is 9.37. The first-order chi connectivity index (χ1) is 16.9. The van der Waals surface area contributed by atoms with Crippen molar-refractivity contribution >= 4 is 16.8 Å². The Morgan fingerprint density at radius 3 is 2.83 bits per heavy atom. The maximum atomic E-state index is 13.9. The van der Waals surface area contributed by atoms with E-state index in [-0.39, 0.29) is 24.4 Å². The van der Waals surface area contributed by atoms with Crippen molar-refractivity contribution in [2.45, 2.75) is 45.3 Å². The predicted molar refractivity (Wildman–Crippen MR) is 129 cm³/mol. The Morgan fingerprint density at radius 1 is 1.26 bits per heavy atom. The molecular formula is C27H28FN4O3+. The average Bonchev–Trinajstić information content (AvgIpc) is 3.54. The Labute approximate surface area is 202 Å². The van der Waals surface area contributed by atoms with Crippen LogP contribution in [0.15, 0.2) is 54.9 Å². The molecule has 4 aromatic rings. The van der Waals surface area contributed by atoms with Crippen LogP contribution >= 0.6 is 0 Å². The maximum absolute atomic E-state index is 13.9. The fourth-order valence-electron chi connectivity index (χ4n) is 4.74. The lowest BCUT2D eigenvalue weighted by molar-refractivity contribution is -0.908. The third kappa shape index (κ3) is 4.56. The number of fused-ring (bicyclic) bond motifs is 1. The highest BCUT2D eigenvalue weighted by Gasteiger charge is 2.23. The summed E-state index contributed by atoms with van der Waals surface area (Å²) in [5, 5.41) is 18.1. The largest absolute Gasteiger partial charge is 0.490 e. The smallest absolute Gasteiger partial charge is 0.254 e. The maximum Gasteiger partial charge on any atom is 0.254 e. The van der Waals surface area contributed by atoms with Gasteiger partial charge in [-0.1, -0.05) is 12.1 Å². The highest BCUT2D eigenvalue weighted by Crippen LogP contribution is 2.35. The van der Waals surface area contributed by atoms with Crippen LogP contribution in [0.4, 0.5) is 4.39 Å². The summed E-state index contributed by atoms with van der Waals surface area (Å²) < 4.78 is 21.3. The van der Waals surface area contributed by atoms with E-state index in [1.54, 1.807) is 49.5 Å².